The first-order valence-corrected chi connectivity index (χ1v) is 6.84. The average Bonchev–Trinajstić information content (AvgIpc) is 2.87. The van der Waals surface area contributed by atoms with Crippen LogP contribution < -0.4 is 0 Å². The second-order valence-electron chi connectivity index (χ2n) is 4.56. The maximum absolute atomic E-state index is 5.22. The van der Waals surface area contributed by atoms with Gasteiger partial charge in [0.15, 0.2) is 5.82 Å². The lowest BCUT2D eigenvalue weighted by Gasteiger charge is -2.00. The molecule has 2 aromatic heterocycles. The van der Waals surface area contributed by atoms with Crippen molar-refractivity contribution in [1.29, 1.82) is 0 Å². The van der Waals surface area contributed by atoms with Crippen LogP contribution in [-0.2, 0) is 0 Å². The van der Waals surface area contributed by atoms with Crippen LogP contribution >= 0.6 is 12.2 Å². The Hall–Kier alpha value is -2.60. The highest BCUT2D eigenvalue weighted by atomic mass is 32.1. The fraction of sp³-hybridized carbons (Fsp3) is 0.0667. The van der Waals surface area contributed by atoms with E-state index in [0.717, 1.165) is 11.1 Å². The zero-order valence-electron chi connectivity index (χ0n) is 11.4. The molecule has 5 nitrogen and oxygen atoms in total. The van der Waals surface area contributed by atoms with Crippen molar-refractivity contribution in [3.8, 4) is 11.4 Å². The minimum Gasteiger partial charge on any atom is -0.264 e. The van der Waals surface area contributed by atoms with Crippen molar-refractivity contribution in [2.75, 3.05) is 0 Å². The van der Waals surface area contributed by atoms with Crippen molar-refractivity contribution in [2.45, 2.75) is 6.92 Å². The SMILES string of the molecule is Cc1cccc(C=Nn2c(-c3cccnc3)n[nH]c2=S)c1. The van der Waals surface area contributed by atoms with Gasteiger partial charge in [-0.3, -0.25) is 4.98 Å². The van der Waals surface area contributed by atoms with Gasteiger partial charge in [0.1, 0.15) is 0 Å². The third kappa shape index (κ3) is 2.95. The van der Waals surface area contributed by atoms with Crippen molar-refractivity contribution < 1.29 is 0 Å². The summed E-state index contributed by atoms with van der Waals surface area (Å²) < 4.78 is 2.03. The smallest absolute Gasteiger partial charge is 0.216 e. The van der Waals surface area contributed by atoms with Gasteiger partial charge in [-0.25, -0.2) is 5.10 Å². The molecule has 0 amide bonds. The predicted octanol–water partition coefficient (Wildman–Crippen LogP) is 3.19. The fourth-order valence-electron chi connectivity index (χ4n) is 1.96. The molecule has 21 heavy (non-hydrogen) atoms. The van der Waals surface area contributed by atoms with Gasteiger partial charge in [-0.2, -0.15) is 14.9 Å². The van der Waals surface area contributed by atoms with Crippen LogP contribution in [0.1, 0.15) is 11.1 Å². The minimum atomic E-state index is 0.442. The lowest BCUT2D eigenvalue weighted by atomic mass is 10.2. The fourth-order valence-corrected chi connectivity index (χ4v) is 2.13. The van der Waals surface area contributed by atoms with Crippen LogP contribution in [0, 0.1) is 11.7 Å². The van der Waals surface area contributed by atoms with E-state index in [1.807, 2.05) is 37.3 Å². The van der Waals surface area contributed by atoms with Crippen molar-refractivity contribution in [2.24, 2.45) is 5.10 Å². The van der Waals surface area contributed by atoms with E-state index in [9.17, 15) is 0 Å². The summed E-state index contributed by atoms with van der Waals surface area (Å²) >= 11 is 5.22. The van der Waals surface area contributed by atoms with Crippen LogP contribution in [0.4, 0.5) is 0 Å². The van der Waals surface area contributed by atoms with Gasteiger partial charge in [-0.15, -0.1) is 0 Å². The molecule has 0 atom stereocenters. The van der Waals surface area contributed by atoms with Crippen LogP contribution in [0.25, 0.3) is 11.4 Å². The minimum absolute atomic E-state index is 0.442. The maximum Gasteiger partial charge on any atom is 0.216 e. The van der Waals surface area contributed by atoms with Gasteiger partial charge in [0, 0.05) is 18.0 Å². The van der Waals surface area contributed by atoms with Crippen LogP contribution in [0.5, 0.6) is 0 Å². The predicted molar refractivity (Wildman–Crippen MR) is 84.8 cm³/mol. The number of nitrogens with one attached hydrogen (secondary N) is 1. The molecule has 0 saturated heterocycles. The number of aryl methyl sites for hydroxylation is 1. The molecule has 3 rings (SSSR count). The topological polar surface area (TPSA) is 58.9 Å². The summed E-state index contributed by atoms with van der Waals surface area (Å²) in [6.07, 6.45) is 5.20. The van der Waals surface area contributed by atoms with Gasteiger partial charge in [0.05, 0.1) is 6.21 Å². The summed E-state index contributed by atoms with van der Waals surface area (Å²) in [5.41, 5.74) is 3.05. The average molecular weight is 295 g/mol. The highest BCUT2D eigenvalue weighted by molar-refractivity contribution is 7.71. The zero-order chi connectivity index (χ0) is 14.7. The Morgan fingerprint density at radius 3 is 2.95 bits per heavy atom. The number of aromatic amines is 1. The molecule has 0 radical (unpaired) electrons. The molecule has 1 aromatic carbocycles. The molecule has 0 aliphatic heterocycles. The van der Waals surface area contributed by atoms with Gasteiger partial charge in [0.25, 0.3) is 0 Å². The van der Waals surface area contributed by atoms with Gasteiger partial charge < -0.3 is 0 Å². The summed E-state index contributed by atoms with van der Waals surface area (Å²) in [5.74, 6) is 0.636. The molecule has 104 valence electrons. The van der Waals surface area contributed by atoms with Gasteiger partial charge in [-0.05, 0) is 36.8 Å². The van der Waals surface area contributed by atoms with E-state index >= 15 is 0 Å². The Balaban J connectivity index is 2.00. The monoisotopic (exact) mass is 295 g/mol. The summed E-state index contributed by atoms with van der Waals surface area (Å²) in [4.78, 5) is 4.09. The molecule has 0 aliphatic rings. The van der Waals surface area contributed by atoms with E-state index in [4.69, 9.17) is 12.2 Å². The molecule has 0 bridgehead atoms. The molecule has 3 aromatic rings. The Labute approximate surface area is 127 Å². The Kier molecular flexibility index (Phi) is 3.70. The third-order valence-corrected chi connectivity index (χ3v) is 3.20. The van der Waals surface area contributed by atoms with Crippen molar-refractivity contribution in [3.05, 3.63) is 64.7 Å². The molecular formula is C15H13N5S. The van der Waals surface area contributed by atoms with Crippen LogP contribution in [-0.4, -0.2) is 26.1 Å². The Morgan fingerprint density at radius 1 is 1.29 bits per heavy atom. The third-order valence-electron chi connectivity index (χ3n) is 2.93. The van der Waals surface area contributed by atoms with Gasteiger partial charge in [-0.1, -0.05) is 29.8 Å². The van der Waals surface area contributed by atoms with E-state index in [2.05, 4.69) is 26.3 Å². The van der Waals surface area contributed by atoms with Crippen LogP contribution in [0.15, 0.2) is 53.9 Å². The van der Waals surface area contributed by atoms with Crippen molar-refractivity contribution >= 4 is 18.4 Å². The molecule has 0 spiro atoms. The number of H-pyrrole nitrogens is 1. The quantitative estimate of drug-likeness (QED) is 0.596. The molecule has 0 fully saturated rings. The van der Waals surface area contributed by atoms with E-state index in [1.165, 1.54) is 5.56 Å². The largest absolute Gasteiger partial charge is 0.264 e. The zero-order valence-corrected chi connectivity index (χ0v) is 12.2. The molecular weight excluding hydrogens is 282 g/mol. The number of pyridine rings is 1. The summed E-state index contributed by atoms with van der Waals surface area (Å²) in [6, 6.07) is 11.8. The molecule has 2 heterocycles. The van der Waals surface area contributed by atoms with Crippen LogP contribution in [0.2, 0.25) is 0 Å². The molecule has 0 unspecified atom stereocenters. The standard InChI is InChI=1S/C15H13N5S/c1-11-4-2-5-12(8-11)9-17-20-14(18-19-15(20)21)13-6-3-7-16-10-13/h2-10H,1H3,(H,19,21). The molecule has 0 aliphatic carbocycles. The van der Waals surface area contributed by atoms with Gasteiger partial charge >= 0.3 is 0 Å². The van der Waals surface area contributed by atoms with Crippen molar-refractivity contribution in [1.82, 2.24) is 19.9 Å². The number of hydrogen-bond donors (Lipinski definition) is 1. The van der Waals surface area contributed by atoms with E-state index < -0.39 is 0 Å². The molecule has 0 saturated carbocycles. The van der Waals surface area contributed by atoms with E-state index in [-0.39, 0.29) is 0 Å². The Morgan fingerprint density at radius 2 is 2.19 bits per heavy atom. The number of nitrogens with zero attached hydrogens (tertiary/aromatic N) is 4. The van der Waals surface area contributed by atoms with Crippen molar-refractivity contribution in [3.63, 3.8) is 0 Å². The number of hydrogen-bond acceptors (Lipinski definition) is 4. The Bertz CT molecular complexity index is 833. The normalized spacial score (nSPS) is 11.1. The molecule has 1 N–H and O–H groups in total. The van der Waals surface area contributed by atoms with Crippen LogP contribution in [0.3, 0.4) is 0 Å². The van der Waals surface area contributed by atoms with Gasteiger partial charge in [0.2, 0.25) is 4.77 Å². The highest BCUT2D eigenvalue weighted by Gasteiger charge is 2.07. The first-order chi connectivity index (χ1) is 10.2. The summed E-state index contributed by atoms with van der Waals surface area (Å²) in [5, 5.41) is 11.4. The summed E-state index contributed by atoms with van der Waals surface area (Å²) in [6.45, 7) is 2.04. The number of benzene rings is 1. The second kappa shape index (κ2) is 5.80. The number of rotatable bonds is 3. The maximum atomic E-state index is 5.22. The first kappa shape index (κ1) is 13.4. The first-order valence-electron chi connectivity index (χ1n) is 6.43. The molecule has 6 heteroatoms. The lowest BCUT2D eigenvalue weighted by Crippen LogP contribution is -1.95. The van der Waals surface area contributed by atoms with E-state index in [1.54, 1.807) is 23.3 Å². The number of aromatic nitrogens is 4. The highest BCUT2D eigenvalue weighted by Crippen LogP contribution is 2.15. The lowest BCUT2D eigenvalue weighted by molar-refractivity contribution is 0.871. The summed E-state index contributed by atoms with van der Waals surface area (Å²) in [7, 11) is 0. The second-order valence-corrected chi connectivity index (χ2v) is 4.95. The van der Waals surface area contributed by atoms with E-state index in [0.29, 0.717) is 10.6 Å².